The van der Waals surface area contributed by atoms with Crippen LogP contribution in [-0.4, -0.2) is 61.0 Å². The van der Waals surface area contributed by atoms with Crippen LogP contribution >= 0.6 is 15.6 Å². The van der Waals surface area contributed by atoms with Gasteiger partial charge in [0.1, 0.15) is 14.0 Å². The molecule has 1 saturated heterocycles. The number of aromatic nitrogens is 4. The number of hydrogen-bond acceptors (Lipinski definition) is 9. The number of hydrogen-bond donors (Lipinski definition) is 6. The standard InChI is InChI=1S/C11H18BN5O10P2/c1-16-3-17(8-6(16)9(19)15-11(13)14-8)10-7(18)5(12)4(26-10)2-25-29(23,24)27-28(20,21)22/h3-5,7,10,18H,2,12H2,1H3,(H5-,13,14,15,19,20,21,22,23,24)/p+1/t4-,5?,7?,10-/m1/s1. The quantitative estimate of drug-likeness (QED) is 0.146. The first kappa shape index (κ1) is 22.1. The molecule has 160 valence electrons. The van der Waals surface area contributed by atoms with Crippen molar-refractivity contribution in [1.82, 2.24) is 14.5 Å². The van der Waals surface area contributed by atoms with Gasteiger partial charge in [0, 0.05) is 0 Å². The number of nitrogens with two attached hydrogens (primary N) is 1. The number of aromatic amines is 1. The molecule has 1 fully saturated rings. The summed E-state index contributed by atoms with van der Waals surface area (Å²) in [7, 11) is -7.16. The predicted octanol–water partition coefficient (Wildman–Crippen LogP) is -2.96. The minimum atomic E-state index is -5.26. The maximum atomic E-state index is 12.1. The van der Waals surface area contributed by atoms with Crippen LogP contribution in [0.25, 0.3) is 11.2 Å². The number of nitrogen functional groups attached to an aromatic ring is 1. The van der Waals surface area contributed by atoms with Gasteiger partial charge in [0.15, 0.2) is 0 Å². The number of aliphatic hydroxyl groups is 1. The molecule has 3 unspecified atom stereocenters. The van der Waals surface area contributed by atoms with Gasteiger partial charge < -0.3 is 30.3 Å². The molecule has 1 aliphatic heterocycles. The van der Waals surface area contributed by atoms with Crippen LogP contribution in [0.1, 0.15) is 6.23 Å². The number of phosphoric ester groups is 1. The molecule has 2 aromatic rings. The Morgan fingerprint density at radius 3 is 2.72 bits per heavy atom. The van der Waals surface area contributed by atoms with E-state index in [1.165, 1.54) is 15.5 Å². The van der Waals surface area contributed by atoms with Crippen molar-refractivity contribution >= 4 is 40.6 Å². The third kappa shape index (κ3) is 4.61. The van der Waals surface area contributed by atoms with Crippen LogP contribution in [0.5, 0.6) is 0 Å². The van der Waals surface area contributed by atoms with E-state index < -0.39 is 52.1 Å². The highest BCUT2D eigenvalue weighted by atomic mass is 31.3. The van der Waals surface area contributed by atoms with Crippen molar-refractivity contribution in [3.8, 4) is 0 Å². The minimum absolute atomic E-state index is 0.140. The molecular formula is C11H19BN5O10P2+. The lowest BCUT2D eigenvalue weighted by molar-refractivity contribution is -0.646. The van der Waals surface area contributed by atoms with Gasteiger partial charge in [-0.25, -0.2) is 13.7 Å². The van der Waals surface area contributed by atoms with Crippen LogP contribution < -0.4 is 15.9 Å². The molecule has 1 aliphatic rings. The SMILES string of the molecule is BC1C(O)[C@H](n2c[n+](C)c3c(=O)[nH]c(N)nc32)O[C@@H]1COP(=O)(O)OP(=O)(O)O. The number of nitrogens with zero attached hydrogens (tertiary/aromatic N) is 3. The molecule has 18 heteroatoms. The van der Waals surface area contributed by atoms with E-state index in [2.05, 4.69) is 18.8 Å². The normalized spacial score (nSPS) is 27.3. The summed E-state index contributed by atoms with van der Waals surface area (Å²) in [5.41, 5.74) is 5.41. The molecule has 7 N–H and O–H groups in total. The molecule has 29 heavy (non-hydrogen) atoms. The van der Waals surface area contributed by atoms with Gasteiger partial charge >= 0.3 is 21.2 Å². The lowest BCUT2D eigenvalue weighted by atomic mass is 9.79. The fourth-order valence-corrected chi connectivity index (χ4v) is 4.66. The Bertz CT molecular complexity index is 1080. The Kier molecular flexibility index (Phi) is 5.77. The zero-order valence-electron chi connectivity index (χ0n) is 15.1. The summed E-state index contributed by atoms with van der Waals surface area (Å²) in [5, 5.41) is 10.6. The summed E-state index contributed by atoms with van der Waals surface area (Å²) < 4.78 is 39.2. The van der Waals surface area contributed by atoms with E-state index in [0.29, 0.717) is 0 Å². The van der Waals surface area contributed by atoms with Crippen LogP contribution in [-0.2, 0) is 29.7 Å². The Labute approximate surface area is 163 Å². The summed E-state index contributed by atoms with van der Waals surface area (Å²) in [6.07, 6.45) is -1.67. The van der Waals surface area contributed by atoms with Gasteiger partial charge in [-0.2, -0.15) is 13.9 Å². The maximum absolute atomic E-state index is 12.1. The molecule has 5 atom stereocenters. The summed E-state index contributed by atoms with van der Waals surface area (Å²) in [6.45, 7) is -0.607. The molecular weight excluding hydrogens is 435 g/mol. The van der Waals surface area contributed by atoms with Gasteiger partial charge in [-0.1, -0.05) is 0 Å². The summed E-state index contributed by atoms with van der Waals surface area (Å²) in [5.74, 6) is -0.768. The molecule has 0 spiro atoms. The van der Waals surface area contributed by atoms with Gasteiger partial charge in [0.25, 0.3) is 11.2 Å². The molecule has 3 heterocycles. The molecule has 2 aromatic heterocycles. The molecule has 0 aromatic carbocycles. The minimum Gasteiger partial charge on any atom is -0.386 e. The lowest BCUT2D eigenvalue weighted by Gasteiger charge is -2.17. The zero-order chi connectivity index (χ0) is 21.7. The van der Waals surface area contributed by atoms with E-state index in [1.807, 2.05) is 0 Å². The highest BCUT2D eigenvalue weighted by molar-refractivity contribution is 7.60. The van der Waals surface area contributed by atoms with E-state index in [0.717, 1.165) is 0 Å². The Hall–Kier alpha value is -1.61. The van der Waals surface area contributed by atoms with Crippen molar-refractivity contribution in [2.75, 3.05) is 12.3 Å². The molecule has 0 saturated carbocycles. The van der Waals surface area contributed by atoms with E-state index in [4.69, 9.17) is 20.3 Å². The Morgan fingerprint density at radius 1 is 1.45 bits per heavy atom. The van der Waals surface area contributed by atoms with Crippen molar-refractivity contribution in [3.63, 3.8) is 0 Å². The lowest BCUT2D eigenvalue weighted by Crippen LogP contribution is -2.31. The number of aryl methyl sites for hydroxylation is 1. The van der Waals surface area contributed by atoms with Crippen LogP contribution in [0.4, 0.5) is 5.95 Å². The van der Waals surface area contributed by atoms with Crippen molar-refractivity contribution in [2.45, 2.75) is 24.3 Å². The second-order valence-electron chi connectivity index (χ2n) is 6.51. The van der Waals surface area contributed by atoms with E-state index in [-0.39, 0.29) is 17.1 Å². The number of nitrogens with one attached hydrogen (secondary N) is 1. The van der Waals surface area contributed by atoms with Gasteiger partial charge in [0.2, 0.25) is 18.5 Å². The second kappa shape index (κ2) is 7.58. The Morgan fingerprint density at radius 2 is 2.10 bits per heavy atom. The number of fused-ring (bicyclic) bond motifs is 1. The smallest absolute Gasteiger partial charge is 0.386 e. The largest absolute Gasteiger partial charge is 0.481 e. The number of H-pyrrole nitrogens is 1. The van der Waals surface area contributed by atoms with Crippen molar-refractivity contribution in [2.24, 2.45) is 7.05 Å². The number of ether oxygens (including phenoxy) is 1. The van der Waals surface area contributed by atoms with Crippen molar-refractivity contribution in [1.29, 1.82) is 0 Å². The van der Waals surface area contributed by atoms with E-state index in [9.17, 15) is 23.9 Å². The number of phosphoric acid groups is 2. The van der Waals surface area contributed by atoms with Gasteiger partial charge in [0.05, 0.1) is 19.8 Å². The van der Waals surface area contributed by atoms with E-state index >= 15 is 0 Å². The summed E-state index contributed by atoms with van der Waals surface area (Å²) in [4.78, 5) is 45.2. The van der Waals surface area contributed by atoms with Crippen LogP contribution in [0.15, 0.2) is 11.1 Å². The van der Waals surface area contributed by atoms with Gasteiger partial charge in [-0.3, -0.25) is 14.3 Å². The fraction of sp³-hybridized carbons (Fsp3) is 0.545. The number of rotatable bonds is 6. The molecule has 3 rings (SSSR count). The van der Waals surface area contributed by atoms with Crippen molar-refractivity contribution in [3.05, 3.63) is 16.7 Å². The number of aliphatic hydroxyl groups excluding tert-OH is 1. The first-order valence-electron chi connectivity index (χ1n) is 8.13. The second-order valence-corrected chi connectivity index (χ2v) is 9.34. The van der Waals surface area contributed by atoms with Gasteiger partial charge in [-0.05, 0) is 5.82 Å². The van der Waals surface area contributed by atoms with Crippen molar-refractivity contribution < 1.29 is 47.1 Å². The van der Waals surface area contributed by atoms with Crippen LogP contribution in [0, 0.1) is 0 Å². The molecule has 0 amide bonds. The summed E-state index contributed by atoms with van der Waals surface area (Å²) in [6, 6.07) is 0. The third-order valence-corrected chi connectivity index (χ3v) is 6.56. The fourth-order valence-electron chi connectivity index (χ4n) is 3.07. The molecule has 0 radical (unpaired) electrons. The molecule has 15 nitrogen and oxygen atoms in total. The average Bonchev–Trinajstić information content (AvgIpc) is 3.01. The average molecular weight is 454 g/mol. The maximum Gasteiger partial charge on any atom is 0.481 e. The molecule has 0 bridgehead atoms. The van der Waals surface area contributed by atoms with Gasteiger partial charge in [-0.15, -0.1) is 0 Å². The number of anilines is 1. The zero-order valence-corrected chi connectivity index (χ0v) is 16.9. The topological polar surface area (TPSA) is 223 Å². The van der Waals surface area contributed by atoms with E-state index in [1.54, 1.807) is 14.9 Å². The Balaban J connectivity index is 1.84. The highest BCUT2D eigenvalue weighted by Crippen LogP contribution is 2.58. The van der Waals surface area contributed by atoms with Crippen LogP contribution in [0.3, 0.4) is 0 Å². The molecule has 0 aliphatic carbocycles. The first-order chi connectivity index (χ1) is 13.3. The first-order valence-corrected chi connectivity index (χ1v) is 11.2. The highest BCUT2D eigenvalue weighted by Gasteiger charge is 2.47. The van der Waals surface area contributed by atoms with Crippen LogP contribution in [0.2, 0.25) is 5.82 Å². The predicted molar refractivity (Wildman–Crippen MR) is 97.1 cm³/mol. The number of imidazole rings is 1. The summed E-state index contributed by atoms with van der Waals surface area (Å²) >= 11 is 0. The monoisotopic (exact) mass is 454 g/mol. The third-order valence-electron chi connectivity index (χ3n) is 4.41.